The third-order valence-electron chi connectivity index (χ3n) is 4.24. The number of carbonyl (C=O) groups is 2. The second-order valence-corrected chi connectivity index (χ2v) is 6.27. The Balaban J connectivity index is 1.60. The molecule has 0 atom stereocenters. The fraction of sp³-hybridized carbons (Fsp3) is 0.130. The lowest BCUT2D eigenvalue weighted by Crippen LogP contribution is -2.14. The first-order chi connectivity index (χ1) is 13.7. The first-order valence-corrected chi connectivity index (χ1v) is 9.04. The molecule has 0 aromatic heterocycles. The van der Waals surface area contributed by atoms with Crippen molar-refractivity contribution in [1.29, 1.82) is 0 Å². The number of para-hydroxylation sites is 1. The monoisotopic (exact) mass is 374 g/mol. The smallest absolute Gasteiger partial charge is 0.259 e. The Morgan fingerprint density at radius 3 is 2.25 bits per heavy atom. The van der Waals surface area contributed by atoms with Crippen molar-refractivity contribution in [1.82, 2.24) is 0 Å². The molecule has 0 saturated heterocycles. The van der Waals surface area contributed by atoms with Crippen LogP contribution in [0.3, 0.4) is 0 Å². The van der Waals surface area contributed by atoms with Gasteiger partial charge in [0.05, 0.1) is 12.7 Å². The van der Waals surface area contributed by atoms with Crippen molar-refractivity contribution in [3.63, 3.8) is 0 Å². The van der Waals surface area contributed by atoms with E-state index in [1.165, 1.54) is 7.11 Å². The maximum atomic E-state index is 12.5. The van der Waals surface area contributed by atoms with Gasteiger partial charge in [-0.2, -0.15) is 0 Å². The first-order valence-electron chi connectivity index (χ1n) is 9.04. The summed E-state index contributed by atoms with van der Waals surface area (Å²) in [5, 5.41) is 5.71. The highest BCUT2D eigenvalue weighted by atomic mass is 16.5. The summed E-state index contributed by atoms with van der Waals surface area (Å²) in [6, 6.07) is 24.0. The molecular weight excluding hydrogens is 352 g/mol. The molecule has 3 rings (SSSR count). The molecule has 0 aliphatic carbocycles. The molecule has 0 saturated carbocycles. The summed E-state index contributed by atoms with van der Waals surface area (Å²) in [7, 11) is 1.53. The average Bonchev–Trinajstić information content (AvgIpc) is 2.73. The van der Waals surface area contributed by atoms with Gasteiger partial charge in [0.2, 0.25) is 5.91 Å². The maximum Gasteiger partial charge on any atom is 0.259 e. The number of hydrogen-bond donors (Lipinski definition) is 2. The molecule has 2 amide bonds. The van der Waals surface area contributed by atoms with Crippen LogP contribution in [0.1, 0.15) is 22.3 Å². The maximum absolute atomic E-state index is 12.5. The lowest BCUT2D eigenvalue weighted by molar-refractivity contribution is -0.116. The molecule has 3 aromatic carbocycles. The van der Waals surface area contributed by atoms with Gasteiger partial charge in [0.25, 0.3) is 5.91 Å². The molecule has 0 bridgehead atoms. The van der Waals surface area contributed by atoms with Crippen LogP contribution in [-0.4, -0.2) is 18.9 Å². The van der Waals surface area contributed by atoms with Crippen molar-refractivity contribution in [3.05, 3.63) is 90.0 Å². The lowest BCUT2D eigenvalue weighted by atomic mass is 10.1. The molecule has 0 unspecified atom stereocenters. The van der Waals surface area contributed by atoms with Crippen LogP contribution in [0.25, 0.3) is 0 Å². The van der Waals surface area contributed by atoms with Gasteiger partial charge >= 0.3 is 0 Å². The third-order valence-corrected chi connectivity index (χ3v) is 4.24. The molecule has 28 heavy (non-hydrogen) atoms. The summed E-state index contributed by atoms with van der Waals surface area (Å²) in [5.74, 6) is 0.160. The predicted octanol–water partition coefficient (Wildman–Crippen LogP) is 4.52. The molecule has 0 spiro atoms. The fourth-order valence-corrected chi connectivity index (χ4v) is 2.83. The van der Waals surface area contributed by atoms with Gasteiger partial charge < -0.3 is 15.4 Å². The van der Waals surface area contributed by atoms with Crippen molar-refractivity contribution >= 4 is 23.2 Å². The van der Waals surface area contributed by atoms with Crippen LogP contribution >= 0.6 is 0 Å². The van der Waals surface area contributed by atoms with Crippen LogP contribution in [0.15, 0.2) is 78.9 Å². The molecular formula is C23H22N2O3. The van der Waals surface area contributed by atoms with Gasteiger partial charge in [0.1, 0.15) is 5.75 Å². The van der Waals surface area contributed by atoms with Crippen LogP contribution in [-0.2, 0) is 11.2 Å². The van der Waals surface area contributed by atoms with Crippen molar-refractivity contribution in [2.24, 2.45) is 0 Å². The minimum absolute atomic E-state index is 0.0722. The molecule has 142 valence electrons. The zero-order valence-corrected chi connectivity index (χ0v) is 15.6. The van der Waals surface area contributed by atoms with Crippen molar-refractivity contribution in [3.8, 4) is 5.75 Å². The van der Waals surface area contributed by atoms with Crippen LogP contribution in [0.5, 0.6) is 5.75 Å². The number of hydrogen-bond acceptors (Lipinski definition) is 3. The number of benzene rings is 3. The van der Waals surface area contributed by atoms with Gasteiger partial charge in [0.15, 0.2) is 0 Å². The minimum atomic E-state index is -0.273. The standard InChI is InChI=1S/C23H22N2O3/c1-28-21-13-6-5-12-20(21)23(27)25-19-11-7-10-18(16-19)24-22(26)15-14-17-8-3-2-4-9-17/h2-13,16H,14-15H2,1H3,(H,24,26)(H,25,27). The molecule has 0 radical (unpaired) electrons. The minimum Gasteiger partial charge on any atom is -0.496 e. The third kappa shape index (κ3) is 5.20. The Morgan fingerprint density at radius 2 is 1.50 bits per heavy atom. The predicted molar refractivity (Wildman–Crippen MR) is 111 cm³/mol. The van der Waals surface area contributed by atoms with Crippen molar-refractivity contribution in [2.75, 3.05) is 17.7 Å². The SMILES string of the molecule is COc1ccccc1C(=O)Nc1cccc(NC(=O)CCc2ccccc2)c1. The van der Waals surface area contributed by atoms with E-state index in [2.05, 4.69) is 10.6 Å². The van der Waals surface area contributed by atoms with E-state index in [4.69, 9.17) is 4.74 Å². The Kier molecular flexibility index (Phi) is 6.41. The van der Waals surface area contributed by atoms with E-state index >= 15 is 0 Å². The molecule has 0 aliphatic rings. The average molecular weight is 374 g/mol. The summed E-state index contributed by atoms with van der Waals surface area (Å²) in [4.78, 5) is 24.7. The summed E-state index contributed by atoms with van der Waals surface area (Å²) in [6.07, 6.45) is 1.07. The van der Waals surface area contributed by atoms with E-state index in [0.29, 0.717) is 35.5 Å². The van der Waals surface area contributed by atoms with Gasteiger partial charge in [0, 0.05) is 17.8 Å². The van der Waals surface area contributed by atoms with Gasteiger partial charge in [-0.3, -0.25) is 9.59 Å². The number of carbonyl (C=O) groups excluding carboxylic acids is 2. The Morgan fingerprint density at radius 1 is 0.821 bits per heavy atom. The summed E-state index contributed by atoms with van der Waals surface area (Å²) in [6.45, 7) is 0. The second kappa shape index (κ2) is 9.37. The zero-order chi connectivity index (χ0) is 19.8. The molecule has 0 heterocycles. The van der Waals surface area contributed by atoms with Crippen molar-refractivity contribution < 1.29 is 14.3 Å². The molecule has 5 nitrogen and oxygen atoms in total. The van der Waals surface area contributed by atoms with Crippen LogP contribution in [0.4, 0.5) is 11.4 Å². The summed E-state index contributed by atoms with van der Waals surface area (Å²) >= 11 is 0. The van der Waals surface area contributed by atoms with E-state index < -0.39 is 0 Å². The van der Waals surface area contributed by atoms with Gasteiger partial charge in [-0.15, -0.1) is 0 Å². The van der Waals surface area contributed by atoms with E-state index in [1.807, 2.05) is 30.3 Å². The molecule has 0 aliphatic heterocycles. The Bertz CT molecular complexity index is 955. The van der Waals surface area contributed by atoms with Crippen molar-refractivity contribution in [2.45, 2.75) is 12.8 Å². The van der Waals surface area contributed by atoms with Crippen LogP contribution in [0.2, 0.25) is 0 Å². The quantitative estimate of drug-likeness (QED) is 0.639. The number of ether oxygens (including phenoxy) is 1. The highest BCUT2D eigenvalue weighted by Crippen LogP contribution is 2.21. The van der Waals surface area contributed by atoms with E-state index in [-0.39, 0.29) is 11.8 Å². The van der Waals surface area contributed by atoms with Crippen LogP contribution in [0, 0.1) is 0 Å². The largest absolute Gasteiger partial charge is 0.496 e. The Hall–Kier alpha value is -3.60. The number of nitrogens with one attached hydrogen (secondary N) is 2. The van der Waals surface area contributed by atoms with E-state index in [0.717, 1.165) is 5.56 Å². The van der Waals surface area contributed by atoms with E-state index in [9.17, 15) is 9.59 Å². The van der Waals surface area contributed by atoms with Crippen LogP contribution < -0.4 is 15.4 Å². The number of rotatable bonds is 7. The highest BCUT2D eigenvalue weighted by molar-refractivity contribution is 6.06. The number of methoxy groups -OCH3 is 1. The normalized spacial score (nSPS) is 10.2. The highest BCUT2D eigenvalue weighted by Gasteiger charge is 2.12. The first kappa shape index (κ1) is 19.2. The van der Waals surface area contributed by atoms with Gasteiger partial charge in [-0.25, -0.2) is 0 Å². The molecule has 2 N–H and O–H groups in total. The number of aryl methyl sites for hydroxylation is 1. The zero-order valence-electron chi connectivity index (χ0n) is 15.6. The van der Waals surface area contributed by atoms with Gasteiger partial charge in [-0.05, 0) is 42.3 Å². The Labute approximate surface area is 164 Å². The summed E-state index contributed by atoms with van der Waals surface area (Å²) < 4.78 is 5.23. The van der Waals surface area contributed by atoms with E-state index in [1.54, 1.807) is 48.5 Å². The lowest BCUT2D eigenvalue weighted by Gasteiger charge is -2.11. The molecule has 0 fully saturated rings. The second-order valence-electron chi connectivity index (χ2n) is 6.27. The topological polar surface area (TPSA) is 67.4 Å². The fourth-order valence-electron chi connectivity index (χ4n) is 2.83. The molecule has 3 aromatic rings. The number of amides is 2. The number of anilines is 2. The summed E-state index contributed by atoms with van der Waals surface area (Å²) in [5.41, 5.74) is 2.80. The van der Waals surface area contributed by atoms with Gasteiger partial charge in [-0.1, -0.05) is 48.5 Å². The molecule has 5 heteroatoms.